The van der Waals surface area contributed by atoms with Gasteiger partial charge >= 0.3 is 6.03 Å². The number of carbonyl (C=O) groups is 2. The van der Waals surface area contributed by atoms with E-state index >= 15 is 0 Å². The molecule has 1 N–H and O–H groups in total. The molecule has 2 atom stereocenters. The van der Waals surface area contributed by atoms with Gasteiger partial charge in [0.1, 0.15) is 12.1 Å². The van der Waals surface area contributed by atoms with Gasteiger partial charge in [-0.25, -0.2) is 4.79 Å². The van der Waals surface area contributed by atoms with E-state index in [1.54, 1.807) is 16.7 Å². The fraction of sp³-hybridized carbons (Fsp3) is 0.556. The van der Waals surface area contributed by atoms with Gasteiger partial charge in [-0.3, -0.25) is 4.79 Å². The van der Waals surface area contributed by atoms with Gasteiger partial charge in [-0.2, -0.15) is 0 Å². The monoisotopic (exact) mass is 347 g/mol. The van der Waals surface area contributed by atoms with E-state index in [1.165, 1.54) is 0 Å². The first-order valence-electron chi connectivity index (χ1n) is 8.73. The molecule has 7 heteroatoms. The van der Waals surface area contributed by atoms with Crippen molar-refractivity contribution < 1.29 is 19.1 Å². The van der Waals surface area contributed by atoms with Gasteiger partial charge in [0.2, 0.25) is 5.91 Å². The summed E-state index contributed by atoms with van der Waals surface area (Å²) in [5.41, 5.74) is 1.06. The first-order valence-corrected chi connectivity index (χ1v) is 8.73. The number of hydrogen-bond acceptors (Lipinski definition) is 4. The van der Waals surface area contributed by atoms with Crippen LogP contribution in [0, 0.1) is 0 Å². The summed E-state index contributed by atoms with van der Waals surface area (Å²) in [5, 5.41) is 2.80. The molecular formula is C18H25N3O4. The number of rotatable bonds is 3. The van der Waals surface area contributed by atoms with Crippen LogP contribution in [0.1, 0.15) is 18.6 Å². The van der Waals surface area contributed by atoms with Crippen LogP contribution >= 0.6 is 0 Å². The van der Waals surface area contributed by atoms with Gasteiger partial charge in [-0.15, -0.1) is 0 Å². The number of hydrogen-bond donors (Lipinski definition) is 1. The number of ether oxygens (including phenoxy) is 2. The molecule has 0 aliphatic carbocycles. The number of nitrogens with one attached hydrogen (secondary N) is 1. The molecule has 136 valence electrons. The van der Waals surface area contributed by atoms with Gasteiger partial charge in [0.05, 0.1) is 26.4 Å². The molecule has 2 heterocycles. The maximum absolute atomic E-state index is 12.7. The quantitative estimate of drug-likeness (QED) is 0.886. The van der Waals surface area contributed by atoms with Crippen LogP contribution in [0.15, 0.2) is 30.3 Å². The summed E-state index contributed by atoms with van der Waals surface area (Å²) < 4.78 is 11.0. The highest BCUT2D eigenvalue weighted by atomic mass is 16.5. The molecule has 2 aliphatic heterocycles. The standard InChI is InChI=1S/C18H25N3O4/c1-14(19-18(23)20-7-10-24-11-8-20)17(22)21-9-12-25-16(13-21)15-5-3-2-4-6-15/h2-6,14,16H,7-13H2,1H3,(H,19,23)/t14-,16?/m1/s1. The second kappa shape index (κ2) is 8.31. The molecule has 0 aromatic heterocycles. The van der Waals surface area contributed by atoms with Crippen molar-refractivity contribution in [3.05, 3.63) is 35.9 Å². The molecule has 0 radical (unpaired) electrons. The zero-order chi connectivity index (χ0) is 17.6. The van der Waals surface area contributed by atoms with Crippen LogP contribution in [0.25, 0.3) is 0 Å². The molecule has 1 unspecified atom stereocenters. The molecule has 2 fully saturated rings. The lowest BCUT2D eigenvalue weighted by atomic mass is 10.1. The van der Waals surface area contributed by atoms with Crippen molar-refractivity contribution in [2.75, 3.05) is 46.0 Å². The van der Waals surface area contributed by atoms with Crippen LogP contribution in [0.4, 0.5) is 4.79 Å². The number of carbonyl (C=O) groups excluding carboxylic acids is 2. The lowest BCUT2D eigenvalue weighted by molar-refractivity contribution is -0.140. The van der Waals surface area contributed by atoms with Crippen LogP contribution < -0.4 is 5.32 Å². The minimum Gasteiger partial charge on any atom is -0.378 e. The Hall–Kier alpha value is -2.12. The minimum absolute atomic E-state index is 0.0779. The minimum atomic E-state index is -0.565. The van der Waals surface area contributed by atoms with Crippen molar-refractivity contribution in [2.45, 2.75) is 19.1 Å². The number of benzene rings is 1. The maximum Gasteiger partial charge on any atom is 0.318 e. The molecule has 0 saturated carbocycles. The molecule has 25 heavy (non-hydrogen) atoms. The van der Waals surface area contributed by atoms with Crippen molar-refractivity contribution in [2.24, 2.45) is 0 Å². The Bertz CT molecular complexity index is 589. The highest BCUT2D eigenvalue weighted by Crippen LogP contribution is 2.22. The zero-order valence-corrected chi connectivity index (χ0v) is 14.5. The average molecular weight is 347 g/mol. The van der Waals surface area contributed by atoms with Crippen molar-refractivity contribution >= 4 is 11.9 Å². The van der Waals surface area contributed by atoms with Gasteiger partial charge in [-0.05, 0) is 12.5 Å². The van der Waals surface area contributed by atoms with Gasteiger partial charge < -0.3 is 24.6 Å². The molecule has 1 aromatic carbocycles. The molecule has 3 amide bonds. The molecule has 1 aromatic rings. The summed E-state index contributed by atoms with van der Waals surface area (Å²) in [6.07, 6.45) is -0.124. The Kier molecular flexibility index (Phi) is 5.88. The molecule has 0 spiro atoms. The van der Waals surface area contributed by atoms with Gasteiger partial charge in [0.15, 0.2) is 0 Å². The summed E-state index contributed by atoms with van der Waals surface area (Å²) >= 11 is 0. The molecule has 7 nitrogen and oxygen atoms in total. The Labute approximate surface area is 147 Å². The summed E-state index contributed by atoms with van der Waals surface area (Å²) in [6, 6.07) is 9.11. The van der Waals surface area contributed by atoms with Gasteiger partial charge in [0, 0.05) is 19.6 Å². The SMILES string of the molecule is C[C@@H](NC(=O)N1CCOCC1)C(=O)N1CCOC(c2ccccc2)C1. The maximum atomic E-state index is 12.7. The number of amides is 3. The topological polar surface area (TPSA) is 71.1 Å². The summed E-state index contributed by atoms with van der Waals surface area (Å²) in [4.78, 5) is 28.4. The Morgan fingerprint density at radius 2 is 1.76 bits per heavy atom. The second-order valence-corrected chi connectivity index (χ2v) is 6.32. The third kappa shape index (κ3) is 4.49. The third-order valence-corrected chi connectivity index (χ3v) is 4.56. The number of urea groups is 1. The van der Waals surface area contributed by atoms with Crippen molar-refractivity contribution in [1.82, 2.24) is 15.1 Å². The van der Waals surface area contributed by atoms with Crippen molar-refractivity contribution in [1.29, 1.82) is 0 Å². The van der Waals surface area contributed by atoms with Gasteiger partial charge in [0.25, 0.3) is 0 Å². The highest BCUT2D eigenvalue weighted by molar-refractivity contribution is 5.86. The predicted octanol–water partition coefficient (Wildman–Crippen LogP) is 1.02. The average Bonchev–Trinajstić information content (AvgIpc) is 2.68. The molecular weight excluding hydrogens is 322 g/mol. The Morgan fingerprint density at radius 3 is 2.48 bits per heavy atom. The lowest BCUT2D eigenvalue weighted by Gasteiger charge is -2.35. The first kappa shape index (κ1) is 17.7. The van der Waals surface area contributed by atoms with E-state index in [0.717, 1.165) is 5.56 Å². The van der Waals surface area contributed by atoms with Crippen LogP contribution in [0.5, 0.6) is 0 Å². The highest BCUT2D eigenvalue weighted by Gasteiger charge is 2.29. The summed E-state index contributed by atoms with van der Waals surface area (Å²) in [7, 11) is 0. The Morgan fingerprint density at radius 1 is 1.08 bits per heavy atom. The van der Waals surface area contributed by atoms with E-state index in [2.05, 4.69) is 5.32 Å². The van der Waals surface area contributed by atoms with E-state index in [-0.39, 0.29) is 18.0 Å². The van der Waals surface area contributed by atoms with E-state index < -0.39 is 6.04 Å². The largest absolute Gasteiger partial charge is 0.378 e. The second-order valence-electron chi connectivity index (χ2n) is 6.32. The van der Waals surface area contributed by atoms with Crippen LogP contribution in [0.2, 0.25) is 0 Å². The zero-order valence-electron chi connectivity index (χ0n) is 14.5. The van der Waals surface area contributed by atoms with Gasteiger partial charge in [-0.1, -0.05) is 30.3 Å². The van der Waals surface area contributed by atoms with E-state index in [0.29, 0.717) is 46.0 Å². The smallest absolute Gasteiger partial charge is 0.318 e. The number of nitrogens with zero attached hydrogens (tertiary/aromatic N) is 2. The third-order valence-electron chi connectivity index (χ3n) is 4.56. The fourth-order valence-electron chi connectivity index (χ4n) is 3.10. The van der Waals surface area contributed by atoms with Crippen molar-refractivity contribution in [3.8, 4) is 0 Å². The fourth-order valence-corrected chi connectivity index (χ4v) is 3.10. The normalized spacial score (nSPS) is 22.4. The molecule has 0 bridgehead atoms. The van der Waals surface area contributed by atoms with Crippen LogP contribution in [-0.2, 0) is 14.3 Å². The van der Waals surface area contributed by atoms with E-state index in [4.69, 9.17) is 9.47 Å². The van der Waals surface area contributed by atoms with Crippen LogP contribution in [0.3, 0.4) is 0 Å². The molecule has 2 aliphatic rings. The molecule has 3 rings (SSSR count). The first-order chi connectivity index (χ1) is 12.1. The Balaban J connectivity index is 1.55. The summed E-state index contributed by atoms with van der Waals surface area (Å²) in [6.45, 7) is 5.46. The van der Waals surface area contributed by atoms with E-state index in [1.807, 2.05) is 30.3 Å². The number of morpholine rings is 2. The van der Waals surface area contributed by atoms with Crippen molar-refractivity contribution in [3.63, 3.8) is 0 Å². The lowest BCUT2D eigenvalue weighted by Crippen LogP contribution is -2.54. The summed E-state index contributed by atoms with van der Waals surface area (Å²) in [5.74, 6) is -0.0779. The predicted molar refractivity (Wildman–Crippen MR) is 92.1 cm³/mol. The van der Waals surface area contributed by atoms with E-state index in [9.17, 15) is 9.59 Å². The molecule has 2 saturated heterocycles. The van der Waals surface area contributed by atoms with Crippen LogP contribution in [-0.4, -0.2) is 73.8 Å².